The molecular weight excluding hydrogens is 258 g/mol. The van der Waals surface area contributed by atoms with Crippen molar-refractivity contribution >= 4 is 11.8 Å². The molecule has 0 N–H and O–H groups in total. The van der Waals surface area contributed by atoms with Gasteiger partial charge in [-0.2, -0.15) is 0 Å². The molecule has 0 aliphatic heterocycles. The van der Waals surface area contributed by atoms with Crippen LogP contribution in [0.25, 0.3) is 6.08 Å². The molecule has 0 saturated carbocycles. The summed E-state index contributed by atoms with van der Waals surface area (Å²) in [7, 11) is 1.70. The Morgan fingerprint density at radius 3 is 2.33 bits per heavy atom. The number of hydrogen-bond donors (Lipinski definition) is 0. The number of benzene rings is 2. The van der Waals surface area contributed by atoms with Crippen LogP contribution in [0.15, 0.2) is 60.7 Å². The molecule has 0 fully saturated rings. The predicted molar refractivity (Wildman–Crippen MR) is 91.0 cm³/mol. The normalized spacial score (nSPS) is 10.8. The van der Waals surface area contributed by atoms with E-state index in [-0.39, 0.29) is 0 Å². The summed E-state index contributed by atoms with van der Waals surface area (Å²) < 4.78 is 5.22. The molecule has 0 amide bonds. The minimum absolute atomic E-state index is 0.898. The van der Waals surface area contributed by atoms with Gasteiger partial charge in [0.2, 0.25) is 0 Å². The van der Waals surface area contributed by atoms with Crippen molar-refractivity contribution in [1.29, 1.82) is 0 Å². The topological polar surface area (TPSA) is 12.5 Å². The van der Waals surface area contributed by atoms with Gasteiger partial charge in [-0.05, 0) is 36.2 Å². The van der Waals surface area contributed by atoms with E-state index in [1.54, 1.807) is 7.11 Å². The van der Waals surface area contributed by atoms with Crippen LogP contribution in [0.5, 0.6) is 5.75 Å². The molecule has 0 spiro atoms. The van der Waals surface area contributed by atoms with Gasteiger partial charge in [-0.15, -0.1) is 0 Å². The summed E-state index contributed by atoms with van der Waals surface area (Å²) in [6.45, 7) is 4.16. The van der Waals surface area contributed by atoms with Crippen LogP contribution in [0.2, 0.25) is 0 Å². The molecule has 0 aromatic heterocycles. The molecule has 0 atom stereocenters. The lowest BCUT2D eigenvalue weighted by atomic mass is 10.2. The van der Waals surface area contributed by atoms with Gasteiger partial charge >= 0.3 is 0 Å². The van der Waals surface area contributed by atoms with Gasteiger partial charge in [-0.3, -0.25) is 0 Å². The Bertz CT molecular complexity index is 546. The highest BCUT2D eigenvalue weighted by atomic mass is 16.5. The second-order valence-electron chi connectivity index (χ2n) is 4.96. The molecule has 2 nitrogen and oxygen atoms in total. The largest absolute Gasteiger partial charge is 0.497 e. The van der Waals surface area contributed by atoms with Gasteiger partial charge < -0.3 is 9.64 Å². The van der Waals surface area contributed by atoms with Crippen molar-refractivity contribution in [3.8, 4) is 5.75 Å². The van der Waals surface area contributed by atoms with Crippen LogP contribution in [0.3, 0.4) is 0 Å². The Balaban J connectivity index is 2.02. The summed E-state index contributed by atoms with van der Waals surface area (Å²) in [6, 6.07) is 18.7. The van der Waals surface area contributed by atoms with Crippen molar-refractivity contribution < 1.29 is 4.74 Å². The summed E-state index contributed by atoms with van der Waals surface area (Å²) in [5.74, 6) is 0.898. The zero-order valence-electron chi connectivity index (χ0n) is 12.8. The van der Waals surface area contributed by atoms with Crippen molar-refractivity contribution in [2.75, 3.05) is 25.1 Å². The van der Waals surface area contributed by atoms with E-state index in [0.29, 0.717) is 0 Å². The molecule has 2 aromatic carbocycles. The Hall–Kier alpha value is -2.22. The third-order valence-electron chi connectivity index (χ3n) is 3.37. The molecule has 0 saturated heterocycles. The van der Waals surface area contributed by atoms with Crippen LogP contribution in [-0.4, -0.2) is 20.2 Å². The first kappa shape index (κ1) is 15.2. The summed E-state index contributed by atoms with van der Waals surface area (Å²) in [4.78, 5) is 2.37. The number of nitrogens with zero attached hydrogens (tertiary/aromatic N) is 1. The molecule has 21 heavy (non-hydrogen) atoms. The molecular formula is C19H23NO. The van der Waals surface area contributed by atoms with Gasteiger partial charge in [0.1, 0.15) is 5.75 Å². The molecule has 0 unspecified atom stereocenters. The highest BCUT2D eigenvalue weighted by molar-refractivity contribution is 5.53. The molecule has 2 heteroatoms. The van der Waals surface area contributed by atoms with Crippen LogP contribution in [0.1, 0.15) is 18.9 Å². The van der Waals surface area contributed by atoms with Crippen LogP contribution < -0.4 is 9.64 Å². The highest BCUT2D eigenvalue weighted by Gasteiger charge is 2.03. The molecule has 2 rings (SSSR count). The lowest BCUT2D eigenvalue weighted by Gasteiger charge is -2.23. The fourth-order valence-corrected chi connectivity index (χ4v) is 2.27. The van der Waals surface area contributed by atoms with Crippen molar-refractivity contribution in [3.63, 3.8) is 0 Å². The smallest absolute Gasteiger partial charge is 0.119 e. The maximum atomic E-state index is 5.22. The number of anilines is 1. The van der Waals surface area contributed by atoms with Crippen LogP contribution in [0, 0.1) is 0 Å². The summed E-state index contributed by atoms with van der Waals surface area (Å²) in [5, 5.41) is 0. The molecule has 110 valence electrons. The van der Waals surface area contributed by atoms with E-state index in [9.17, 15) is 0 Å². The van der Waals surface area contributed by atoms with Gasteiger partial charge in [-0.1, -0.05) is 49.4 Å². The molecule has 0 aliphatic carbocycles. The van der Waals surface area contributed by atoms with Crippen LogP contribution in [0.4, 0.5) is 5.69 Å². The summed E-state index contributed by atoms with van der Waals surface area (Å²) in [5.41, 5.74) is 2.47. The van der Waals surface area contributed by atoms with E-state index in [1.165, 1.54) is 11.3 Å². The third-order valence-corrected chi connectivity index (χ3v) is 3.37. The first-order chi connectivity index (χ1) is 10.3. The van der Waals surface area contributed by atoms with E-state index in [1.807, 2.05) is 18.2 Å². The second kappa shape index (κ2) is 8.15. The van der Waals surface area contributed by atoms with Crippen molar-refractivity contribution in [2.45, 2.75) is 13.3 Å². The Kier molecular flexibility index (Phi) is 5.89. The third kappa shape index (κ3) is 4.67. The zero-order valence-corrected chi connectivity index (χ0v) is 12.8. The quantitative estimate of drug-likeness (QED) is 0.734. The van der Waals surface area contributed by atoms with Crippen molar-refractivity contribution in [3.05, 3.63) is 66.2 Å². The van der Waals surface area contributed by atoms with E-state index >= 15 is 0 Å². The molecule has 2 aromatic rings. The van der Waals surface area contributed by atoms with Gasteiger partial charge in [0, 0.05) is 18.8 Å². The number of ether oxygens (including phenoxy) is 1. The monoisotopic (exact) mass is 281 g/mol. The fourth-order valence-electron chi connectivity index (χ4n) is 2.27. The standard InChI is InChI=1S/C19H23NO/c1-3-15-20(18-11-13-19(21-2)14-12-18)16-7-10-17-8-5-4-6-9-17/h4-14H,3,15-16H2,1-2H3/b10-7+. The number of hydrogen-bond acceptors (Lipinski definition) is 2. The Morgan fingerprint density at radius 2 is 1.71 bits per heavy atom. The SMILES string of the molecule is CCCN(C/C=C/c1ccccc1)c1ccc(OC)cc1. The minimum Gasteiger partial charge on any atom is -0.497 e. The van der Waals surface area contributed by atoms with E-state index < -0.39 is 0 Å². The maximum Gasteiger partial charge on any atom is 0.119 e. The lowest BCUT2D eigenvalue weighted by Crippen LogP contribution is -2.23. The van der Waals surface area contributed by atoms with E-state index in [2.05, 4.69) is 60.4 Å². The fraction of sp³-hybridized carbons (Fsp3) is 0.263. The van der Waals surface area contributed by atoms with Crippen molar-refractivity contribution in [2.24, 2.45) is 0 Å². The van der Waals surface area contributed by atoms with Crippen LogP contribution >= 0.6 is 0 Å². The van der Waals surface area contributed by atoms with Gasteiger partial charge in [0.25, 0.3) is 0 Å². The Labute approximate surface area is 127 Å². The van der Waals surface area contributed by atoms with E-state index in [0.717, 1.165) is 25.3 Å². The highest BCUT2D eigenvalue weighted by Crippen LogP contribution is 2.19. The maximum absolute atomic E-state index is 5.22. The molecule has 0 bridgehead atoms. The number of rotatable bonds is 7. The Morgan fingerprint density at radius 1 is 1.00 bits per heavy atom. The number of methoxy groups -OCH3 is 1. The molecule has 0 heterocycles. The molecule has 0 aliphatic rings. The van der Waals surface area contributed by atoms with Crippen LogP contribution in [-0.2, 0) is 0 Å². The predicted octanol–water partition coefficient (Wildman–Crippen LogP) is 4.63. The minimum atomic E-state index is 0.898. The zero-order chi connectivity index (χ0) is 14.9. The first-order valence-corrected chi connectivity index (χ1v) is 7.44. The second-order valence-corrected chi connectivity index (χ2v) is 4.96. The summed E-state index contributed by atoms with van der Waals surface area (Å²) in [6.07, 6.45) is 5.52. The first-order valence-electron chi connectivity index (χ1n) is 7.44. The van der Waals surface area contributed by atoms with Crippen molar-refractivity contribution in [1.82, 2.24) is 0 Å². The molecule has 0 radical (unpaired) electrons. The van der Waals surface area contributed by atoms with E-state index in [4.69, 9.17) is 4.74 Å². The van der Waals surface area contributed by atoms with Gasteiger partial charge in [0.15, 0.2) is 0 Å². The summed E-state index contributed by atoms with van der Waals surface area (Å²) >= 11 is 0. The average Bonchev–Trinajstić information content (AvgIpc) is 2.55. The average molecular weight is 281 g/mol. The lowest BCUT2D eigenvalue weighted by molar-refractivity contribution is 0.415. The van der Waals surface area contributed by atoms with Gasteiger partial charge in [-0.25, -0.2) is 0 Å². The van der Waals surface area contributed by atoms with Gasteiger partial charge in [0.05, 0.1) is 7.11 Å².